The lowest BCUT2D eigenvalue weighted by molar-refractivity contribution is -0.907. The third kappa shape index (κ3) is 6.35. The lowest BCUT2D eigenvalue weighted by Crippen LogP contribution is -3.14. The zero-order chi connectivity index (χ0) is 20.5. The lowest BCUT2D eigenvalue weighted by atomic mass is 9.95. The van der Waals surface area contributed by atoms with Gasteiger partial charge in [0.25, 0.3) is 0 Å². The number of aromatic nitrogens is 1. The van der Waals surface area contributed by atoms with Gasteiger partial charge in [0.2, 0.25) is 11.8 Å². The van der Waals surface area contributed by atoms with E-state index in [4.69, 9.17) is 4.74 Å². The predicted molar refractivity (Wildman–Crippen MR) is 113 cm³/mol. The monoisotopic (exact) mass is 417 g/mol. The van der Waals surface area contributed by atoms with Crippen LogP contribution in [-0.2, 0) is 14.3 Å². The fourth-order valence-electron chi connectivity index (χ4n) is 3.55. The first kappa shape index (κ1) is 21.4. The van der Waals surface area contributed by atoms with E-state index in [1.807, 2.05) is 42.6 Å². The van der Waals surface area contributed by atoms with Crippen LogP contribution in [0.5, 0.6) is 0 Å². The highest BCUT2D eigenvalue weighted by Gasteiger charge is 2.27. The average molecular weight is 418 g/mol. The Labute approximate surface area is 175 Å². The first-order valence-electron chi connectivity index (χ1n) is 10.1. The van der Waals surface area contributed by atoms with E-state index in [1.54, 1.807) is 11.1 Å². The molecule has 1 fully saturated rings. The molecule has 1 saturated heterocycles. The molecule has 1 aliphatic rings. The van der Waals surface area contributed by atoms with E-state index in [0.717, 1.165) is 38.4 Å². The average Bonchev–Trinajstić information content (AvgIpc) is 3.26. The van der Waals surface area contributed by atoms with Crippen molar-refractivity contribution in [1.82, 2.24) is 9.88 Å². The topological polar surface area (TPSA) is 76.0 Å². The number of morpholine rings is 1. The molecule has 2 N–H and O–H groups in total. The molecule has 2 amide bonds. The Hall–Kier alpha value is -2.29. The highest BCUT2D eigenvalue weighted by molar-refractivity contribution is 7.13. The molecule has 0 unspecified atom stereocenters. The summed E-state index contributed by atoms with van der Waals surface area (Å²) in [4.78, 5) is 33.1. The Kier molecular flexibility index (Phi) is 8.15. The quantitative estimate of drug-likeness (QED) is 0.639. The van der Waals surface area contributed by atoms with E-state index in [0.29, 0.717) is 18.1 Å². The van der Waals surface area contributed by atoms with Crippen LogP contribution in [0.3, 0.4) is 0 Å². The number of nitrogens with zero attached hydrogens (tertiary/aromatic N) is 2. The van der Waals surface area contributed by atoms with Gasteiger partial charge < -0.3 is 19.9 Å². The Morgan fingerprint density at radius 2 is 2.03 bits per heavy atom. The van der Waals surface area contributed by atoms with Crippen molar-refractivity contribution in [2.75, 3.05) is 51.3 Å². The van der Waals surface area contributed by atoms with Crippen LogP contribution >= 0.6 is 11.3 Å². The van der Waals surface area contributed by atoms with Crippen molar-refractivity contribution < 1.29 is 19.2 Å². The number of hydrogen-bond acceptors (Lipinski definition) is 5. The molecular formula is C21H29N4O3S+. The molecule has 29 heavy (non-hydrogen) atoms. The molecule has 1 aromatic carbocycles. The smallest absolute Gasteiger partial charge is 0.245 e. The number of carbonyl (C=O) groups is 2. The van der Waals surface area contributed by atoms with E-state index >= 15 is 0 Å². The summed E-state index contributed by atoms with van der Waals surface area (Å²) in [7, 11) is 0. The number of ether oxygens (including phenoxy) is 1. The van der Waals surface area contributed by atoms with Gasteiger partial charge in [-0.05, 0) is 12.0 Å². The van der Waals surface area contributed by atoms with Gasteiger partial charge in [0.15, 0.2) is 5.13 Å². The van der Waals surface area contributed by atoms with E-state index in [2.05, 4.69) is 10.3 Å². The van der Waals surface area contributed by atoms with Crippen LogP contribution in [0.1, 0.15) is 24.8 Å². The maximum atomic E-state index is 13.4. The van der Waals surface area contributed by atoms with Crippen molar-refractivity contribution in [3.63, 3.8) is 0 Å². The molecule has 0 radical (unpaired) electrons. The SMILES string of the molecule is CC[C@@H](C(=O)N(CC[NH+]1CCOCC1)CC(=O)Nc1nccs1)c1ccccc1. The van der Waals surface area contributed by atoms with Crippen LogP contribution < -0.4 is 10.2 Å². The maximum Gasteiger partial charge on any atom is 0.245 e. The fourth-order valence-corrected chi connectivity index (χ4v) is 4.09. The number of anilines is 1. The van der Waals surface area contributed by atoms with Gasteiger partial charge in [-0.3, -0.25) is 9.59 Å². The maximum absolute atomic E-state index is 13.4. The molecule has 0 spiro atoms. The molecule has 7 nitrogen and oxygen atoms in total. The van der Waals surface area contributed by atoms with Crippen molar-refractivity contribution >= 4 is 28.3 Å². The molecule has 1 aromatic heterocycles. The van der Waals surface area contributed by atoms with Gasteiger partial charge in [-0.2, -0.15) is 0 Å². The van der Waals surface area contributed by atoms with E-state index in [-0.39, 0.29) is 24.3 Å². The summed E-state index contributed by atoms with van der Waals surface area (Å²) in [6.07, 6.45) is 2.34. The number of hydrogen-bond donors (Lipinski definition) is 2. The summed E-state index contributed by atoms with van der Waals surface area (Å²) < 4.78 is 5.42. The Morgan fingerprint density at radius 3 is 2.69 bits per heavy atom. The number of amides is 2. The van der Waals surface area contributed by atoms with Gasteiger partial charge in [0.05, 0.1) is 32.2 Å². The van der Waals surface area contributed by atoms with Crippen molar-refractivity contribution in [1.29, 1.82) is 0 Å². The summed E-state index contributed by atoms with van der Waals surface area (Å²) in [5.41, 5.74) is 0.990. The highest BCUT2D eigenvalue weighted by Crippen LogP contribution is 2.22. The van der Waals surface area contributed by atoms with Crippen molar-refractivity contribution in [3.05, 3.63) is 47.5 Å². The molecule has 8 heteroatoms. The van der Waals surface area contributed by atoms with Crippen molar-refractivity contribution in [2.45, 2.75) is 19.3 Å². The van der Waals surface area contributed by atoms with Crippen LogP contribution in [-0.4, -0.2) is 67.6 Å². The van der Waals surface area contributed by atoms with Crippen LogP contribution in [0.2, 0.25) is 0 Å². The molecule has 2 aromatic rings. The second-order valence-electron chi connectivity index (χ2n) is 7.13. The summed E-state index contributed by atoms with van der Waals surface area (Å²) in [5, 5.41) is 5.15. The van der Waals surface area contributed by atoms with Gasteiger partial charge in [0, 0.05) is 11.6 Å². The minimum absolute atomic E-state index is 0.000600. The fraction of sp³-hybridized carbons (Fsp3) is 0.476. The number of quaternary nitrogens is 1. The number of rotatable bonds is 9. The molecule has 0 aliphatic carbocycles. The van der Waals surface area contributed by atoms with Crippen molar-refractivity contribution in [3.8, 4) is 0 Å². The standard InChI is InChI=1S/C21H28N4O3S/c1-2-18(17-6-4-3-5-7-17)20(27)25(10-9-24-11-13-28-14-12-24)16-19(26)23-21-22-8-15-29-21/h3-8,15,18H,2,9-14,16H2,1H3,(H,22,23,26)/p+1/t18-/m1/s1. The summed E-state index contributed by atoms with van der Waals surface area (Å²) in [5.74, 6) is -0.461. The molecule has 2 heterocycles. The van der Waals surface area contributed by atoms with Crippen molar-refractivity contribution in [2.24, 2.45) is 0 Å². The summed E-state index contributed by atoms with van der Waals surface area (Å²) in [6.45, 7) is 6.76. The molecule has 0 saturated carbocycles. The first-order chi connectivity index (χ1) is 14.2. The third-order valence-electron chi connectivity index (χ3n) is 5.17. The zero-order valence-electron chi connectivity index (χ0n) is 16.8. The first-order valence-corrected chi connectivity index (χ1v) is 11.0. The van der Waals surface area contributed by atoms with Gasteiger partial charge in [-0.25, -0.2) is 4.98 Å². The number of benzene rings is 1. The normalized spacial score (nSPS) is 15.6. The number of nitrogens with one attached hydrogen (secondary N) is 2. The number of carbonyl (C=O) groups excluding carboxylic acids is 2. The van der Waals surface area contributed by atoms with Gasteiger partial charge in [0.1, 0.15) is 19.6 Å². The van der Waals surface area contributed by atoms with Gasteiger partial charge in [-0.1, -0.05) is 37.3 Å². The third-order valence-corrected chi connectivity index (χ3v) is 5.86. The molecule has 3 rings (SSSR count). The molecular weight excluding hydrogens is 388 g/mol. The van der Waals surface area contributed by atoms with Crippen LogP contribution in [0.25, 0.3) is 0 Å². The van der Waals surface area contributed by atoms with Crippen LogP contribution in [0, 0.1) is 0 Å². The second kappa shape index (κ2) is 11.0. The highest BCUT2D eigenvalue weighted by atomic mass is 32.1. The minimum atomic E-state index is -0.247. The lowest BCUT2D eigenvalue weighted by Gasteiger charge is -2.29. The summed E-state index contributed by atoms with van der Waals surface area (Å²) in [6, 6.07) is 9.80. The van der Waals surface area contributed by atoms with E-state index < -0.39 is 0 Å². The van der Waals surface area contributed by atoms with Gasteiger partial charge >= 0.3 is 0 Å². The zero-order valence-corrected chi connectivity index (χ0v) is 17.6. The number of thiazole rings is 1. The minimum Gasteiger partial charge on any atom is -0.370 e. The van der Waals surface area contributed by atoms with Crippen LogP contribution in [0.15, 0.2) is 41.9 Å². The van der Waals surface area contributed by atoms with Gasteiger partial charge in [-0.15, -0.1) is 11.3 Å². The summed E-state index contributed by atoms with van der Waals surface area (Å²) >= 11 is 1.37. The van der Waals surface area contributed by atoms with E-state index in [1.165, 1.54) is 16.2 Å². The predicted octanol–water partition coefficient (Wildman–Crippen LogP) is 1.02. The Bertz CT molecular complexity index is 763. The Balaban J connectivity index is 1.69. The largest absolute Gasteiger partial charge is 0.370 e. The second-order valence-corrected chi connectivity index (χ2v) is 8.02. The van der Waals surface area contributed by atoms with E-state index in [9.17, 15) is 9.59 Å². The molecule has 156 valence electrons. The molecule has 1 atom stereocenters. The molecule has 0 bridgehead atoms. The molecule has 1 aliphatic heterocycles. The van der Waals surface area contributed by atoms with Crippen LogP contribution in [0.4, 0.5) is 5.13 Å². The Morgan fingerprint density at radius 1 is 1.28 bits per heavy atom.